The highest BCUT2D eigenvalue weighted by Crippen LogP contribution is 2.32. The highest BCUT2D eigenvalue weighted by molar-refractivity contribution is 9.10. The van der Waals surface area contributed by atoms with Crippen molar-refractivity contribution in [3.05, 3.63) is 28.6 Å². The van der Waals surface area contributed by atoms with Crippen LogP contribution >= 0.6 is 15.9 Å². The van der Waals surface area contributed by atoms with Gasteiger partial charge in [-0.3, -0.25) is 4.40 Å². The number of nitrogens with two attached hydrogens (primary N) is 1. The van der Waals surface area contributed by atoms with Gasteiger partial charge in [-0.25, -0.2) is 0 Å². The quantitative estimate of drug-likeness (QED) is 0.870. The zero-order chi connectivity index (χ0) is 11.1. The molecule has 1 saturated carbocycles. The molecule has 0 aromatic carbocycles. The Morgan fingerprint density at radius 2 is 2.19 bits per heavy atom. The van der Waals surface area contributed by atoms with Crippen LogP contribution in [0.4, 0.5) is 0 Å². The predicted molar refractivity (Wildman–Crippen MR) is 65.3 cm³/mol. The van der Waals surface area contributed by atoms with Gasteiger partial charge >= 0.3 is 0 Å². The number of rotatable bonds is 1. The van der Waals surface area contributed by atoms with Crippen molar-refractivity contribution in [2.75, 3.05) is 0 Å². The average molecular weight is 281 g/mol. The van der Waals surface area contributed by atoms with Crippen molar-refractivity contribution in [3.63, 3.8) is 0 Å². The highest BCUT2D eigenvalue weighted by Gasteiger charge is 2.26. The molecular weight excluding hydrogens is 268 g/mol. The van der Waals surface area contributed by atoms with Crippen molar-refractivity contribution in [2.45, 2.75) is 31.2 Å². The first kappa shape index (κ1) is 10.2. The summed E-state index contributed by atoms with van der Waals surface area (Å²) in [6.07, 6.45) is 5.25. The zero-order valence-corrected chi connectivity index (χ0v) is 10.4. The molecule has 1 fully saturated rings. The van der Waals surface area contributed by atoms with Crippen molar-refractivity contribution in [2.24, 2.45) is 5.73 Å². The molecule has 3 rings (SSSR count). The van der Waals surface area contributed by atoms with Crippen molar-refractivity contribution in [1.82, 2.24) is 14.6 Å². The third-order valence-corrected chi connectivity index (χ3v) is 3.70. The molecule has 16 heavy (non-hydrogen) atoms. The fourth-order valence-corrected chi connectivity index (χ4v) is 2.75. The van der Waals surface area contributed by atoms with Crippen molar-refractivity contribution in [1.29, 1.82) is 0 Å². The van der Waals surface area contributed by atoms with E-state index in [9.17, 15) is 0 Å². The summed E-state index contributed by atoms with van der Waals surface area (Å²) < 4.78 is 3.11. The molecule has 1 aliphatic rings. The first-order valence-electron chi connectivity index (χ1n) is 5.50. The summed E-state index contributed by atoms with van der Waals surface area (Å²) in [7, 11) is 0. The van der Waals surface area contributed by atoms with Gasteiger partial charge in [0.15, 0.2) is 5.65 Å². The Labute approximate surface area is 102 Å². The molecule has 0 spiro atoms. The summed E-state index contributed by atoms with van der Waals surface area (Å²) in [5, 5.41) is 8.47. The summed E-state index contributed by atoms with van der Waals surface area (Å²) in [6, 6.07) is 4.27. The summed E-state index contributed by atoms with van der Waals surface area (Å²) in [5.74, 6) is 1.50. The number of hydrogen-bond acceptors (Lipinski definition) is 3. The van der Waals surface area contributed by atoms with Crippen LogP contribution in [0.3, 0.4) is 0 Å². The second-order valence-electron chi connectivity index (χ2n) is 4.40. The molecule has 2 aromatic heterocycles. The molecule has 0 saturated heterocycles. The number of pyridine rings is 1. The van der Waals surface area contributed by atoms with E-state index in [1.807, 2.05) is 18.3 Å². The Bertz CT molecular complexity index is 522. The molecule has 5 heteroatoms. The second-order valence-corrected chi connectivity index (χ2v) is 5.32. The standard InChI is InChI=1S/C11H13BrN4/c12-8-2-4-10-14-15-11(16(10)6-8)7-1-3-9(13)5-7/h2,4,6-7,9H,1,3,5,13H2. The fraction of sp³-hybridized carbons (Fsp3) is 0.455. The van der Waals surface area contributed by atoms with Gasteiger partial charge in [-0.1, -0.05) is 0 Å². The molecule has 2 unspecified atom stereocenters. The second kappa shape index (κ2) is 3.82. The lowest BCUT2D eigenvalue weighted by molar-refractivity contribution is 0.636. The molecule has 2 atom stereocenters. The fourth-order valence-electron chi connectivity index (χ4n) is 2.41. The van der Waals surface area contributed by atoms with E-state index in [2.05, 4.69) is 30.5 Å². The monoisotopic (exact) mass is 280 g/mol. The van der Waals surface area contributed by atoms with Crippen LogP contribution in [0.1, 0.15) is 31.0 Å². The van der Waals surface area contributed by atoms with Crippen LogP contribution in [-0.2, 0) is 0 Å². The van der Waals surface area contributed by atoms with E-state index in [-0.39, 0.29) is 0 Å². The summed E-state index contributed by atoms with van der Waals surface area (Å²) in [5.41, 5.74) is 6.84. The number of aromatic nitrogens is 3. The molecule has 0 bridgehead atoms. The van der Waals surface area contributed by atoms with E-state index in [1.54, 1.807) is 0 Å². The summed E-state index contributed by atoms with van der Waals surface area (Å²) in [4.78, 5) is 0. The summed E-state index contributed by atoms with van der Waals surface area (Å²) in [6.45, 7) is 0. The lowest BCUT2D eigenvalue weighted by atomic mass is 10.1. The van der Waals surface area contributed by atoms with Gasteiger partial charge in [0.2, 0.25) is 0 Å². The van der Waals surface area contributed by atoms with Gasteiger partial charge in [-0.05, 0) is 47.3 Å². The first-order valence-corrected chi connectivity index (χ1v) is 6.29. The van der Waals surface area contributed by atoms with Crippen LogP contribution < -0.4 is 5.73 Å². The summed E-state index contributed by atoms with van der Waals surface area (Å²) >= 11 is 3.47. The van der Waals surface area contributed by atoms with E-state index in [0.717, 1.165) is 35.2 Å². The highest BCUT2D eigenvalue weighted by atomic mass is 79.9. The van der Waals surface area contributed by atoms with Crippen LogP contribution in [0.2, 0.25) is 0 Å². The maximum atomic E-state index is 5.94. The van der Waals surface area contributed by atoms with E-state index in [4.69, 9.17) is 5.73 Å². The Morgan fingerprint density at radius 1 is 1.31 bits per heavy atom. The van der Waals surface area contributed by atoms with Crippen molar-refractivity contribution in [3.8, 4) is 0 Å². The van der Waals surface area contributed by atoms with Crippen LogP contribution in [0.15, 0.2) is 22.8 Å². The number of nitrogens with zero attached hydrogens (tertiary/aromatic N) is 3. The number of halogens is 1. The van der Waals surface area contributed by atoms with Crippen molar-refractivity contribution >= 4 is 21.6 Å². The van der Waals surface area contributed by atoms with E-state index < -0.39 is 0 Å². The van der Waals surface area contributed by atoms with E-state index >= 15 is 0 Å². The van der Waals surface area contributed by atoms with Gasteiger partial charge < -0.3 is 5.73 Å². The molecule has 0 aliphatic heterocycles. The molecule has 1 aliphatic carbocycles. The lowest BCUT2D eigenvalue weighted by Crippen LogP contribution is -2.14. The van der Waals surface area contributed by atoms with E-state index in [0.29, 0.717) is 12.0 Å². The van der Waals surface area contributed by atoms with Gasteiger partial charge in [0.25, 0.3) is 0 Å². The minimum atomic E-state index is 0.324. The van der Waals surface area contributed by atoms with E-state index in [1.165, 1.54) is 0 Å². The lowest BCUT2D eigenvalue weighted by Gasteiger charge is -2.07. The maximum Gasteiger partial charge on any atom is 0.160 e. The Hall–Kier alpha value is -0.940. The van der Waals surface area contributed by atoms with Gasteiger partial charge in [-0.2, -0.15) is 0 Å². The molecule has 0 amide bonds. The smallest absolute Gasteiger partial charge is 0.160 e. The van der Waals surface area contributed by atoms with Gasteiger partial charge in [0, 0.05) is 22.6 Å². The number of fused-ring (bicyclic) bond motifs is 1. The average Bonchev–Trinajstić information content (AvgIpc) is 2.83. The minimum Gasteiger partial charge on any atom is -0.328 e. The SMILES string of the molecule is NC1CCC(c2nnc3ccc(Br)cn23)C1. The first-order chi connectivity index (χ1) is 7.74. The van der Waals surface area contributed by atoms with Crippen molar-refractivity contribution < 1.29 is 0 Å². The van der Waals surface area contributed by atoms with Crippen LogP contribution in [0, 0.1) is 0 Å². The normalized spacial score (nSPS) is 25.4. The molecule has 2 aromatic rings. The van der Waals surface area contributed by atoms with Crippen LogP contribution in [-0.4, -0.2) is 20.6 Å². The Kier molecular flexibility index (Phi) is 2.44. The van der Waals surface area contributed by atoms with Crippen LogP contribution in [0.25, 0.3) is 5.65 Å². The maximum absolute atomic E-state index is 5.94. The Balaban J connectivity index is 2.06. The largest absolute Gasteiger partial charge is 0.328 e. The number of hydrogen-bond donors (Lipinski definition) is 1. The zero-order valence-electron chi connectivity index (χ0n) is 8.81. The van der Waals surface area contributed by atoms with Crippen LogP contribution in [0.5, 0.6) is 0 Å². The van der Waals surface area contributed by atoms with Gasteiger partial charge in [0.1, 0.15) is 5.82 Å². The Morgan fingerprint density at radius 3 is 2.94 bits per heavy atom. The van der Waals surface area contributed by atoms with Gasteiger partial charge in [0.05, 0.1) is 0 Å². The molecule has 4 nitrogen and oxygen atoms in total. The van der Waals surface area contributed by atoms with Gasteiger partial charge in [-0.15, -0.1) is 10.2 Å². The topological polar surface area (TPSA) is 56.2 Å². The minimum absolute atomic E-state index is 0.324. The third-order valence-electron chi connectivity index (χ3n) is 3.23. The molecule has 2 heterocycles. The predicted octanol–water partition coefficient (Wildman–Crippen LogP) is 2.09. The molecule has 84 valence electrons. The molecule has 0 radical (unpaired) electrons. The third kappa shape index (κ3) is 1.64. The molecular formula is C11H13BrN4. The molecule has 2 N–H and O–H groups in total.